The number of hydrogen-bond donors (Lipinski definition) is 2. The summed E-state index contributed by atoms with van der Waals surface area (Å²) in [6, 6.07) is 24.4. The largest absolute Gasteiger partial charge is 0.497 e. The Hall–Kier alpha value is -4.52. The molecule has 0 amide bonds. The van der Waals surface area contributed by atoms with Crippen LogP contribution in [0.2, 0.25) is 0 Å². The van der Waals surface area contributed by atoms with E-state index < -0.39 is 0 Å². The maximum atomic E-state index is 12.1. The molecule has 3 aromatic carbocycles. The van der Waals surface area contributed by atoms with Gasteiger partial charge >= 0.3 is 5.97 Å². The molecule has 170 valence electrons. The van der Waals surface area contributed by atoms with Gasteiger partial charge in [0.25, 0.3) is 0 Å². The standard InChI is InChI=1S/C27H23N3O4/c1-3-34-27(32)19-9-13-20(14-10-19)30-25(18-7-5-4-6-8-18)22-23(28-29-24(22)26(30)31)17-11-15-21(33-2)16-12-17/h4-16,29,31H,3H2,1-2H3. The van der Waals surface area contributed by atoms with E-state index in [1.807, 2.05) is 54.6 Å². The molecule has 0 aliphatic heterocycles. The lowest BCUT2D eigenvalue weighted by molar-refractivity contribution is 0.0526. The fraction of sp³-hybridized carbons (Fsp3) is 0.111. The van der Waals surface area contributed by atoms with Crippen LogP contribution >= 0.6 is 0 Å². The lowest BCUT2D eigenvalue weighted by Gasteiger charge is -2.12. The van der Waals surface area contributed by atoms with Gasteiger partial charge in [0.15, 0.2) is 0 Å². The number of nitrogens with one attached hydrogen (secondary N) is 1. The molecule has 0 aliphatic carbocycles. The normalized spacial score (nSPS) is 11.0. The number of aromatic hydroxyl groups is 1. The third kappa shape index (κ3) is 3.57. The molecule has 34 heavy (non-hydrogen) atoms. The highest BCUT2D eigenvalue weighted by atomic mass is 16.5. The predicted molar refractivity (Wildman–Crippen MR) is 130 cm³/mol. The van der Waals surface area contributed by atoms with Crippen LogP contribution in [0, 0.1) is 0 Å². The molecule has 0 saturated carbocycles. The Morgan fingerprint density at radius 2 is 1.68 bits per heavy atom. The zero-order valence-electron chi connectivity index (χ0n) is 18.8. The Kier molecular flexibility index (Phi) is 5.51. The first-order valence-electron chi connectivity index (χ1n) is 10.9. The Labute approximate surface area is 196 Å². The maximum Gasteiger partial charge on any atom is 0.338 e. The molecule has 0 unspecified atom stereocenters. The van der Waals surface area contributed by atoms with Gasteiger partial charge < -0.3 is 14.6 Å². The lowest BCUT2D eigenvalue weighted by atomic mass is 10.0. The average molecular weight is 453 g/mol. The Balaban J connectivity index is 1.73. The van der Waals surface area contributed by atoms with Crippen LogP contribution in [0.1, 0.15) is 17.3 Å². The minimum absolute atomic E-state index is 0.0324. The predicted octanol–water partition coefficient (Wildman–Crippen LogP) is 5.58. The molecular weight excluding hydrogens is 430 g/mol. The highest BCUT2D eigenvalue weighted by molar-refractivity contribution is 6.07. The molecule has 7 heteroatoms. The first-order chi connectivity index (χ1) is 16.6. The quantitative estimate of drug-likeness (QED) is 0.328. The fourth-order valence-corrected chi connectivity index (χ4v) is 4.10. The number of carbonyl (C=O) groups is 1. The number of rotatable bonds is 6. The van der Waals surface area contributed by atoms with Gasteiger partial charge in [-0.05, 0) is 61.0 Å². The number of benzene rings is 3. The number of methoxy groups -OCH3 is 1. The summed E-state index contributed by atoms with van der Waals surface area (Å²) < 4.78 is 12.1. The summed E-state index contributed by atoms with van der Waals surface area (Å²) >= 11 is 0. The number of nitrogens with zero attached hydrogens (tertiary/aromatic N) is 2. The topological polar surface area (TPSA) is 89.4 Å². The van der Waals surface area contributed by atoms with Crippen LogP contribution in [-0.4, -0.2) is 39.6 Å². The summed E-state index contributed by atoms with van der Waals surface area (Å²) in [6.45, 7) is 2.08. The molecular formula is C27H23N3O4. The molecule has 0 radical (unpaired) electrons. The number of H-pyrrole nitrogens is 1. The van der Waals surface area contributed by atoms with Crippen molar-refractivity contribution in [1.29, 1.82) is 0 Å². The third-order valence-corrected chi connectivity index (χ3v) is 5.71. The van der Waals surface area contributed by atoms with Crippen LogP contribution in [0.3, 0.4) is 0 Å². The zero-order valence-corrected chi connectivity index (χ0v) is 18.8. The van der Waals surface area contributed by atoms with Crippen molar-refractivity contribution >= 4 is 16.9 Å². The molecule has 2 heterocycles. The van der Waals surface area contributed by atoms with Crippen LogP contribution in [0.5, 0.6) is 11.6 Å². The maximum absolute atomic E-state index is 12.1. The Bertz CT molecular complexity index is 1450. The van der Waals surface area contributed by atoms with Crippen molar-refractivity contribution in [1.82, 2.24) is 14.8 Å². The van der Waals surface area contributed by atoms with Crippen molar-refractivity contribution < 1.29 is 19.4 Å². The van der Waals surface area contributed by atoms with Gasteiger partial charge in [0.1, 0.15) is 17.0 Å². The van der Waals surface area contributed by atoms with E-state index in [0.717, 1.165) is 28.0 Å². The zero-order chi connectivity index (χ0) is 23.7. The number of aromatic amines is 1. The molecule has 7 nitrogen and oxygen atoms in total. The van der Waals surface area contributed by atoms with E-state index in [1.54, 1.807) is 42.9 Å². The van der Waals surface area contributed by atoms with Gasteiger partial charge in [0.05, 0.1) is 30.4 Å². The number of carbonyl (C=O) groups excluding carboxylic acids is 1. The lowest BCUT2D eigenvalue weighted by Crippen LogP contribution is -2.05. The SMILES string of the molecule is CCOC(=O)c1ccc(-n2c(O)c3[nH]nc(-c4ccc(OC)cc4)c3c2-c2ccccc2)cc1. The number of fused-ring (bicyclic) bond motifs is 1. The number of aromatic nitrogens is 3. The minimum atomic E-state index is -0.382. The molecule has 2 aromatic heterocycles. The Morgan fingerprint density at radius 3 is 2.32 bits per heavy atom. The van der Waals surface area contributed by atoms with Crippen molar-refractivity contribution in [3.63, 3.8) is 0 Å². The van der Waals surface area contributed by atoms with Crippen molar-refractivity contribution in [3.8, 4) is 39.8 Å². The molecule has 0 aliphatic rings. The van der Waals surface area contributed by atoms with Gasteiger partial charge in [-0.15, -0.1) is 0 Å². The molecule has 5 aromatic rings. The summed E-state index contributed by atoms with van der Waals surface area (Å²) in [5.74, 6) is 0.401. The van der Waals surface area contributed by atoms with Crippen LogP contribution in [0.15, 0.2) is 78.9 Å². The van der Waals surface area contributed by atoms with Gasteiger partial charge in [-0.2, -0.15) is 5.10 Å². The first-order valence-corrected chi connectivity index (χ1v) is 10.9. The van der Waals surface area contributed by atoms with Crippen LogP contribution in [0.25, 0.3) is 39.1 Å². The highest BCUT2D eigenvalue weighted by Gasteiger charge is 2.25. The highest BCUT2D eigenvalue weighted by Crippen LogP contribution is 2.43. The van der Waals surface area contributed by atoms with Gasteiger partial charge in [-0.25, -0.2) is 4.79 Å². The number of hydrogen-bond acceptors (Lipinski definition) is 5. The van der Waals surface area contributed by atoms with Crippen molar-refractivity contribution in [3.05, 3.63) is 84.4 Å². The van der Waals surface area contributed by atoms with E-state index in [2.05, 4.69) is 10.2 Å². The van der Waals surface area contributed by atoms with Crippen LogP contribution in [-0.2, 0) is 4.74 Å². The Morgan fingerprint density at radius 1 is 0.971 bits per heavy atom. The van der Waals surface area contributed by atoms with E-state index >= 15 is 0 Å². The van der Waals surface area contributed by atoms with E-state index in [9.17, 15) is 9.90 Å². The van der Waals surface area contributed by atoms with Gasteiger partial charge in [0.2, 0.25) is 5.88 Å². The van der Waals surface area contributed by atoms with E-state index in [4.69, 9.17) is 9.47 Å². The van der Waals surface area contributed by atoms with Crippen molar-refractivity contribution in [2.45, 2.75) is 6.92 Å². The second-order valence-electron chi connectivity index (χ2n) is 7.69. The van der Waals surface area contributed by atoms with Crippen molar-refractivity contribution in [2.75, 3.05) is 13.7 Å². The summed E-state index contributed by atoms with van der Waals surface area (Å²) in [6.07, 6.45) is 0. The van der Waals surface area contributed by atoms with Gasteiger partial charge in [-0.3, -0.25) is 9.67 Å². The second-order valence-corrected chi connectivity index (χ2v) is 7.69. The molecule has 0 atom stereocenters. The average Bonchev–Trinajstić information content (AvgIpc) is 3.44. The number of ether oxygens (including phenoxy) is 2. The van der Waals surface area contributed by atoms with E-state index in [0.29, 0.717) is 29.1 Å². The molecule has 2 N–H and O–H groups in total. The van der Waals surface area contributed by atoms with E-state index in [-0.39, 0.29) is 11.8 Å². The third-order valence-electron chi connectivity index (χ3n) is 5.71. The number of esters is 1. The van der Waals surface area contributed by atoms with E-state index in [1.165, 1.54) is 0 Å². The monoisotopic (exact) mass is 453 g/mol. The molecule has 0 saturated heterocycles. The fourth-order valence-electron chi connectivity index (χ4n) is 4.10. The molecule has 0 fully saturated rings. The summed E-state index contributed by atoms with van der Waals surface area (Å²) in [4.78, 5) is 12.1. The van der Waals surface area contributed by atoms with Crippen LogP contribution in [0.4, 0.5) is 0 Å². The van der Waals surface area contributed by atoms with Gasteiger partial charge in [-0.1, -0.05) is 30.3 Å². The molecule has 0 bridgehead atoms. The minimum Gasteiger partial charge on any atom is -0.497 e. The van der Waals surface area contributed by atoms with Crippen LogP contribution < -0.4 is 4.74 Å². The second kappa shape index (κ2) is 8.78. The summed E-state index contributed by atoms with van der Waals surface area (Å²) in [7, 11) is 1.63. The summed E-state index contributed by atoms with van der Waals surface area (Å²) in [5.41, 5.74) is 4.99. The molecule has 5 rings (SSSR count). The van der Waals surface area contributed by atoms with Gasteiger partial charge in [0, 0.05) is 11.3 Å². The smallest absolute Gasteiger partial charge is 0.338 e. The van der Waals surface area contributed by atoms with Crippen molar-refractivity contribution in [2.24, 2.45) is 0 Å². The molecule has 0 spiro atoms. The summed E-state index contributed by atoms with van der Waals surface area (Å²) in [5, 5.41) is 19.6. The first kappa shape index (κ1) is 21.3.